The van der Waals surface area contributed by atoms with Crippen molar-refractivity contribution in [3.05, 3.63) is 53.1 Å². The molecule has 1 atom stereocenters. The average Bonchev–Trinajstić information content (AvgIpc) is 2.75. The third-order valence-electron chi connectivity index (χ3n) is 4.98. The summed E-state index contributed by atoms with van der Waals surface area (Å²) < 4.78 is 10.8. The van der Waals surface area contributed by atoms with Gasteiger partial charge in [-0.25, -0.2) is 4.99 Å². The first-order valence-corrected chi connectivity index (χ1v) is 10.1. The van der Waals surface area contributed by atoms with Crippen LogP contribution in [0.3, 0.4) is 0 Å². The summed E-state index contributed by atoms with van der Waals surface area (Å²) in [5.41, 5.74) is 9.04. The number of rotatable bonds is 4. The van der Waals surface area contributed by atoms with Crippen LogP contribution in [0.15, 0.2) is 52.4 Å². The molecule has 2 aromatic carbocycles. The Morgan fingerprint density at radius 1 is 1.17 bits per heavy atom. The summed E-state index contributed by atoms with van der Waals surface area (Å²) in [4.78, 5) is 13.4. The molecule has 30 heavy (non-hydrogen) atoms. The van der Waals surface area contributed by atoms with E-state index in [-0.39, 0.29) is 5.96 Å². The number of guanidine groups is 2. The predicted molar refractivity (Wildman–Crippen MR) is 121 cm³/mol. The zero-order valence-electron chi connectivity index (χ0n) is 17.0. The molecule has 0 bridgehead atoms. The second-order valence-corrected chi connectivity index (χ2v) is 7.48. The molecular formula is C21H25ClN6O2. The van der Waals surface area contributed by atoms with Gasteiger partial charge in [0.05, 0.1) is 25.3 Å². The number of aryl methyl sites for hydroxylation is 1. The minimum Gasteiger partial charge on any atom is -0.495 e. The number of benzene rings is 2. The molecule has 2 aromatic rings. The number of ether oxygens (including phenoxy) is 2. The highest BCUT2D eigenvalue weighted by Gasteiger charge is 2.32. The molecule has 0 spiro atoms. The van der Waals surface area contributed by atoms with Gasteiger partial charge in [0.25, 0.3) is 0 Å². The molecule has 0 aliphatic carbocycles. The van der Waals surface area contributed by atoms with Gasteiger partial charge < -0.3 is 25.4 Å². The van der Waals surface area contributed by atoms with Crippen molar-refractivity contribution in [3.8, 4) is 5.75 Å². The first-order valence-electron chi connectivity index (χ1n) is 9.76. The SMILES string of the molecule is COc1ccc(NC2N=C(N)N=C(N3CCOCC3)N2c2ccc(C)cc2)cc1Cl. The van der Waals surface area contributed by atoms with Gasteiger partial charge in [-0.05, 0) is 37.3 Å². The molecule has 0 aromatic heterocycles. The summed E-state index contributed by atoms with van der Waals surface area (Å²) in [6, 6.07) is 13.7. The maximum absolute atomic E-state index is 6.31. The van der Waals surface area contributed by atoms with Crippen LogP contribution in [-0.2, 0) is 4.74 Å². The number of morpholine rings is 1. The standard InChI is InChI=1S/C21H25ClN6O2/c1-14-3-6-16(7-4-14)28-20(24-15-5-8-18(29-2)17(22)13-15)25-19(23)26-21(28)27-9-11-30-12-10-27/h3-8,13,20,24H,9-12H2,1-2H3,(H2,23,25). The van der Waals surface area contributed by atoms with Gasteiger partial charge in [-0.2, -0.15) is 4.99 Å². The average molecular weight is 429 g/mol. The molecule has 0 radical (unpaired) electrons. The van der Waals surface area contributed by atoms with Gasteiger partial charge in [-0.15, -0.1) is 0 Å². The molecule has 2 heterocycles. The van der Waals surface area contributed by atoms with E-state index in [9.17, 15) is 0 Å². The van der Waals surface area contributed by atoms with E-state index in [1.54, 1.807) is 13.2 Å². The van der Waals surface area contributed by atoms with E-state index >= 15 is 0 Å². The molecule has 2 aliphatic rings. The number of aliphatic imine (C=N–C) groups is 2. The summed E-state index contributed by atoms with van der Waals surface area (Å²) >= 11 is 6.31. The Bertz CT molecular complexity index is 956. The maximum Gasteiger partial charge on any atom is 0.222 e. The first kappa shape index (κ1) is 20.3. The van der Waals surface area contributed by atoms with Crippen molar-refractivity contribution < 1.29 is 9.47 Å². The largest absolute Gasteiger partial charge is 0.495 e. The Kier molecular flexibility index (Phi) is 5.96. The van der Waals surface area contributed by atoms with Crippen LogP contribution < -0.4 is 20.7 Å². The van der Waals surface area contributed by atoms with E-state index in [1.165, 1.54) is 5.56 Å². The van der Waals surface area contributed by atoms with Crippen LogP contribution in [0.2, 0.25) is 5.02 Å². The Morgan fingerprint density at radius 2 is 1.90 bits per heavy atom. The minimum atomic E-state index is -0.493. The maximum atomic E-state index is 6.31. The van der Waals surface area contributed by atoms with E-state index in [2.05, 4.69) is 51.4 Å². The second kappa shape index (κ2) is 8.81. The minimum absolute atomic E-state index is 0.219. The molecule has 9 heteroatoms. The number of nitrogens with one attached hydrogen (secondary N) is 1. The van der Waals surface area contributed by atoms with Crippen LogP contribution in [-0.4, -0.2) is 56.5 Å². The second-order valence-electron chi connectivity index (χ2n) is 7.07. The normalized spacial score (nSPS) is 19.2. The predicted octanol–water partition coefficient (Wildman–Crippen LogP) is 2.88. The number of hydrogen-bond donors (Lipinski definition) is 2. The zero-order chi connectivity index (χ0) is 21.1. The Morgan fingerprint density at radius 3 is 2.57 bits per heavy atom. The summed E-state index contributed by atoms with van der Waals surface area (Å²) in [6.07, 6.45) is -0.493. The van der Waals surface area contributed by atoms with Crippen molar-refractivity contribution in [3.63, 3.8) is 0 Å². The van der Waals surface area contributed by atoms with Crippen LogP contribution in [0.4, 0.5) is 11.4 Å². The number of nitrogens with zero attached hydrogens (tertiary/aromatic N) is 4. The Balaban J connectivity index is 1.70. The third kappa shape index (κ3) is 4.29. The lowest BCUT2D eigenvalue weighted by Gasteiger charge is -2.41. The van der Waals surface area contributed by atoms with Crippen molar-refractivity contribution in [2.45, 2.75) is 13.2 Å². The molecule has 4 rings (SSSR count). The van der Waals surface area contributed by atoms with Gasteiger partial charge in [0.15, 0.2) is 0 Å². The van der Waals surface area contributed by atoms with Gasteiger partial charge in [-0.3, -0.25) is 4.90 Å². The van der Waals surface area contributed by atoms with E-state index < -0.39 is 6.29 Å². The smallest absolute Gasteiger partial charge is 0.222 e. The molecule has 1 saturated heterocycles. The molecule has 3 N–H and O–H groups in total. The highest BCUT2D eigenvalue weighted by atomic mass is 35.5. The quantitative estimate of drug-likeness (QED) is 0.778. The fourth-order valence-electron chi connectivity index (χ4n) is 3.43. The van der Waals surface area contributed by atoms with Crippen LogP contribution in [0.1, 0.15) is 5.56 Å². The van der Waals surface area contributed by atoms with Gasteiger partial charge in [-0.1, -0.05) is 29.3 Å². The van der Waals surface area contributed by atoms with Crippen LogP contribution in [0.5, 0.6) is 5.75 Å². The summed E-state index contributed by atoms with van der Waals surface area (Å²) in [5.74, 6) is 1.57. The topological polar surface area (TPSA) is 87.7 Å². The molecule has 2 aliphatic heterocycles. The molecule has 0 amide bonds. The van der Waals surface area contributed by atoms with Gasteiger partial charge >= 0.3 is 0 Å². The zero-order valence-corrected chi connectivity index (χ0v) is 17.8. The number of halogens is 1. The number of nitrogens with two attached hydrogens (primary N) is 1. The fraction of sp³-hybridized carbons (Fsp3) is 0.333. The molecular weight excluding hydrogens is 404 g/mol. The number of methoxy groups -OCH3 is 1. The van der Waals surface area contributed by atoms with Crippen molar-refractivity contribution in [2.24, 2.45) is 15.7 Å². The molecule has 8 nitrogen and oxygen atoms in total. The van der Waals surface area contributed by atoms with E-state index in [0.717, 1.165) is 30.4 Å². The van der Waals surface area contributed by atoms with Gasteiger partial charge in [0.2, 0.25) is 18.2 Å². The van der Waals surface area contributed by atoms with Crippen LogP contribution in [0.25, 0.3) is 0 Å². The van der Waals surface area contributed by atoms with E-state index in [1.807, 2.05) is 17.0 Å². The van der Waals surface area contributed by atoms with Crippen molar-refractivity contribution >= 4 is 34.9 Å². The Labute approximate surface area is 180 Å². The van der Waals surface area contributed by atoms with Crippen molar-refractivity contribution in [1.29, 1.82) is 0 Å². The summed E-state index contributed by atoms with van der Waals surface area (Å²) in [6.45, 7) is 4.81. The monoisotopic (exact) mass is 428 g/mol. The van der Waals surface area contributed by atoms with Crippen LogP contribution >= 0.6 is 11.6 Å². The van der Waals surface area contributed by atoms with Gasteiger partial charge in [0, 0.05) is 24.5 Å². The molecule has 1 fully saturated rings. The highest BCUT2D eigenvalue weighted by molar-refractivity contribution is 6.32. The third-order valence-corrected chi connectivity index (χ3v) is 5.28. The van der Waals surface area contributed by atoms with Crippen molar-refractivity contribution in [2.75, 3.05) is 43.6 Å². The lowest BCUT2D eigenvalue weighted by atomic mass is 10.2. The lowest BCUT2D eigenvalue weighted by Crippen LogP contribution is -2.57. The van der Waals surface area contributed by atoms with E-state index in [4.69, 9.17) is 26.8 Å². The Hall–Kier alpha value is -2.97. The number of anilines is 2. The van der Waals surface area contributed by atoms with E-state index in [0.29, 0.717) is 24.0 Å². The summed E-state index contributed by atoms with van der Waals surface area (Å²) in [7, 11) is 1.59. The first-order chi connectivity index (χ1) is 14.5. The van der Waals surface area contributed by atoms with Crippen molar-refractivity contribution in [1.82, 2.24) is 4.90 Å². The van der Waals surface area contributed by atoms with Gasteiger partial charge in [0.1, 0.15) is 5.75 Å². The highest BCUT2D eigenvalue weighted by Crippen LogP contribution is 2.29. The molecule has 0 saturated carbocycles. The van der Waals surface area contributed by atoms with Crippen LogP contribution in [0, 0.1) is 6.92 Å². The fourth-order valence-corrected chi connectivity index (χ4v) is 3.69. The molecule has 158 valence electrons. The number of hydrogen-bond acceptors (Lipinski definition) is 8. The lowest BCUT2D eigenvalue weighted by molar-refractivity contribution is 0.0671. The summed E-state index contributed by atoms with van der Waals surface area (Å²) in [5, 5.41) is 3.93. The molecule has 1 unspecified atom stereocenters.